The zero-order valence-electron chi connectivity index (χ0n) is 12.9. The molecule has 1 amide bonds. The maximum atomic E-state index is 12.1. The Morgan fingerprint density at radius 1 is 1.42 bits per heavy atom. The second-order valence-corrected chi connectivity index (χ2v) is 6.25. The smallest absolute Gasteiger partial charge is 0.306 e. The van der Waals surface area contributed by atoms with E-state index in [4.69, 9.17) is 21.6 Å². The first-order chi connectivity index (χ1) is 11.5. The van der Waals surface area contributed by atoms with Crippen LogP contribution in [0.15, 0.2) is 35.0 Å². The van der Waals surface area contributed by atoms with Gasteiger partial charge < -0.3 is 10.1 Å². The summed E-state index contributed by atoms with van der Waals surface area (Å²) in [5, 5.41) is 15.6. The van der Waals surface area contributed by atoms with Crippen molar-refractivity contribution in [3.63, 3.8) is 0 Å². The van der Waals surface area contributed by atoms with Crippen LogP contribution < -0.4 is 5.32 Å². The van der Waals surface area contributed by atoms with Crippen molar-refractivity contribution in [3.05, 3.63) is 51.2 Å². The number of benzene rings is 1. The van der Waals surface area contributed by atoms with E-state index >= 15 is 0 Å². The van der Waals surface area contributed by atoms with Crippen LogP contribution in [0.1, 0.15) is 24.5 Å². The molecule has 0 fully saturated rings. The van der Waals surface area contributed by atoms with Gasteiger partial charge in [-0.3, -0.25) is 9.59 Å². The van der Waals surface area contributed by atoms with E-state index in [0.29, 0.717) is 17.7 Å². The Labute approximate surface area is 148 Å². The van der Waals surface area contributed by atoms with Crippen molar-refractivity contribution in [3.8, 4) is 6.07 Å². The van der Waals surface area contributed by atoms with Gasteiger partial charge in [-0.05, 0) is 53.9 Å². The normalized spacial score (nSPS) is 11.4. The number of ether oxygens (including phenoxy) is 1. The van der Waals surface area contributed by atoms with Crippen molar-refractivity contribution >= 4 is 40.5 Å². The first-order valence-electron chi connectivity index (χ1n) is 7.20. The zero-order valence-corrected chi connectivity index (χ0v) is 14.5. The number of hydrogen-bond acceptors (Lipinski definition) is 5. The molecule has 0 saturated heterocycles. The number of nitrogens with zero attached hydrogens (tertiary/aromatic N) is 1. The van der Waals surface area contributed by atoms with Gasteiger partial charge in [0.25, 0.3) is 5.91 Å². The van der Waals surface area contributed by atoms with Crippen LogP contribution in [-0.2, 0) is 20.7 Å². The van der Waals surface area contributed by atoms with Gasteiger partial charge in [0.05, 0.1) is 10.6 Å². The first-order valence-corrected chi connectivity index (χ1v) is 8.52. The average molecular weight is 363 g/mol. The lowest BCUT2D eigenvalue weighted by atomic mass is 10.2. The topological polar surface area (TPSA) is 79.2 Å². The van der Waals surface area contributed by atoms with Gasteiger partial charge in [-0.25, -0.2) is 0 Å². The van der Waals surface area contributed by atoms with Gasteiger partial charge in [-0.1, -0.05) is 11.6 Å². The molecule has 1 heterocycles. The highest BCUT2D eigenvalue weighted by molar-refractivity contribution is 7.07. The standard InChI is InChI=1S/C17H15ClN2O3S/c1-11(23-16(21)5-2-12-6-7-24-10-12)17(22)20-14-4-3-13(9-19)15(18)8-14/h3-4,6-8,10-11H,2,5H2,1H3,(H,20,22)/t11-/m1/s1. The van der Waals surface area contributed by atoms with Crippen molar-refractivity contribution in [1.29, 1.82) is 5.26 Å². The third kappa shape index (κ3) is 5.08. The Morgan fingerprint density at radius 2 is 2.21 bits per heavy atom. The number of amides is 1. The molecule has 7 heteroatoms. The summed E-state index contributed by atoms with van der Waals surface area (Å²) in [5.74, 6) is -0.888. The molecule has 1 aromatic carbocycles. The molecule has 0 radical (unpaired) electrons. The zero-order chi connectivity index (χ0) is 17.5. The van der Waals surface area contributed by atoms with Crippen molar-refractivity contribution in [2.24, 2.45) is 0 Å². The summed E-state index contributed by atoms with van der Waals surface area (Å²) in [6.07, 6.45) is -0.117. The first kappa shape index (κ1) is 18.0. The van der Waals surface area contributed by atoms with E-state index in [1.807, 2.05) is 22.9 Å². The third-order valence-electron chi connectivity index (χ3n) is 3.23. The number of nitrogens with one attached hydrogen (secondary N) is 1. The highest BCUT2D eigenvalue weighted by Gasteiger charge is 2.18. The molecule has 1 atom stereocenters. The number of thiophene rings is 1. The van der Waals surface area contributed by atoms with Gasteiger partial charge >= 0.3 is 5.97 Å². The van der Waals surface area contributed by atoms with Crippen LogP contribution in [0.3, 0.4) is 0 Å². The predicted octanol–water partition coefficient (Wildman–Crippen LogP) is 3.78. The van der Waals surface area contributed by atoms with Crippen LogP contribution in [0.2, 0.25) is 5.02 Å². The number of halogens is 1. The fraction of sp³-hybridized carbons (Fsp3) is 0.235. The fourth-order valence-corrected chi connectivity index (χ4v) is 2.84. The van der Waals surface area contributed by atoms with Gasteiger partial charge in [0.2, 0.25) is 0 Å². The Balaban J connectivity index is 1.84. The van der Waals surface area contributed by atoms with Gasteiger partial charge in [0.1, 0.15) is 6.07 Å². The SMILES string of the molecule is C[C@@H](OC(=O)CCc1ccsc1)C(=O)Nc1ccc(C#N)c(Cl)c1. The van der Waals surface area contributed by atoms with E-state index in [0.717, 1.165) is 5.56 Å². The van der Waals surface area contributed by atoms with Gasteiger partial charge in [-0.2, -0.15) is 16.6 Å². The Morgan fingerprint density at radius 3 is 2.83 bits per heavy atom. The van der Waals surface area contributed by atoms with Crippen LogP contribution in [-0.4, -0.2) is 18.0 Å². The van der Waals surface area contributed by atoms with Crippen LogP contribution in [0.5, 0.6) is 0 Å². The minimum absolute atomic E-state index is 0.219. The van der Waals surface area contributed by atoms with E-state index in [1.165, 1.54) is 19.1 Å². The number of hydrogen-bond donors (Lipinski definition) is 1. The lowest BCUT2D eigenvalue weighted by molar-refractivity contribution is -0.153. The lowest BCUT2D eigenvalue weighted by Gasteiger charge is -2.13. The van der Waals surface area contributed by atoms with Crippen molar-refractivity contribution in [1.82, 2.24) is 0 Å². The van der Waals surface area contributed by atoms with E-state index in [-0.39, 0.29) is 11.4 Å². The molecule has 1 aromatic heterocycles. The van der Waals surface area contributed by atoms with E-state index in [1.54, 1.807) is 17.4 Å². The predicted molar refractivity (Wildman–Crippen MR) is 93.0 cm³/mol. The number of carbonyl (C=O) groups is 2. The third-order valence-corrected chi connectivity index (χ3v) is 4.28. The van der Waals surface area contributed by atoms with Gasteiger partial charge in [0, 0.05) is 12.1 Å². The molecule has 1 N–H and O–H groups in total. The van der Waals surface area contributed by atoms with Crippen molar-refractivity contribution in [2.75, 3.05) is 5.32 Å². The van der Waals surface area contributed by atoms with Gasteiger partial charge in [0.15, 0.2) is 6.10 Å². The molecule has 24 heavy (non-hydrogen) atoms. The summed E-state index contributed by atoms with van der Waals surface area (Å²) < 4.78 is 5.12. The minimum Gasteiger partial charge on any atom is -0.453 e. The molecule has 0 aliphatic carbocycles. The van der Waals surface area contributed by atoms with Crippen LogP contribution in [0, 0.1) is 11.3 Å². The van der Waals surface area contributed by atoms with Crippen molar-refractivity contribution < 1.29 is 14.3 Å². The molecule has 2 rings (SSSR count). The number of esters is 1. The number of aryl methyl sites for hydroxylation is 1. The molecule has 5 nitrogen and oxygen atoms in total. The van der Waals surface area contributed by atoms with E-state index in [2.05, 4.69) is 5.32 Å². The summed E-state index contributed by atoms with van der Waals surface area (Å²) in [7, 11) is 0. The van der Waals surface area contributed by atoms with E-state index < -0.39 is 18.0 Å². The van der Waals surface area contributed by atoms with Crippen LogP contribution in [0.25, 0.3) is 0 Å². The molecule has 0 bridgehead atoms. The molecular weight excluding hydrogens is 348 g/mol. The van der Waals surface area contributed by atoms with Crippen LogP contribution >= 0.6 is 22.9 Å². The number of carbonyl (C=O) groups excluding carboxylic acids is 2. The highest BCUT2D eigenvalue weighted by Crippen LogP contribution is 2.20. The summed E-state index contributed by atoms with van der Waals surface area (Å²) in [5.41, 5.74) is 1.83. The van der Waals surface area contributed by atoms with E-state index in [9.17, 15) is 9.59 Å². The molecule has 2 aromatic rings. The fourth-order valence-electron chi connectivity index (χ4n) is 1.92. The Bertz CT molecular complexity index is 769. The second-order valence-electron chi connectivity index (χ2n) is 5.06. The van der Waals surface area contributed by atoms with Crippen LogP contribution in [0.4, 0.5) is 5.69 Å². The summed E-state index contributed by atoms with van der Waals surface area (Å²) in [6, 6.07) is 8.43. The van der Waals surface area contributed by atoms with Crippen molar-refractivity contribution in [2.45, 2.75) is 25.9 Å². The highest BCUT2D eigenvalue weighted by atomic mass is 35.5. The summed E-state index contributed by atoms with van der Waals surface area (Å²) in [4.78, 5) is 23.8. The second kappa shape index (κ2) is 8.48. The molecule has 0 aliphatic heterocycles. The molecule has 124 valence electrons. The molecular formula is C17H15ClN2O3S. The lowest BCUT2D eigenvalue weighted by Crippen LogP contribution is -2.30. The average Bonchev–Trinajstić information content (AvgIpc) is 3.06. The molecule has 0 unspecified atom stereocenters. The minimum atomic E-state index is -0.922. The number of anilines is 1. The number of nitriles is 1. The maximum Gasteiger partial charge on any atom is 0.306 e. The summed E-state index contributed by atoms with van der Waals surface area (Å²) in [6.45, 7) is 1.50. The Hall–Kier alpha value is -2.36. The quantitative estimate of drug-likeness (QED) is 0.793. The molecule has 0 spiro atoms. The largest absolute Gasteiger partial charge is 0.453 e. The van der Waals surface area contributed by atoms with Gasteiger partial charge in [-0.15, -0.1) is 0 Å². The maximum absolute atomic E-state index is 12.1. The molecule has 0 saturated carbocycles. The Kier molecular flexibility index (Phi) is 6.36. The molecule has 0 aliphatic rings. The monoisotopic (exact) mass is 362 g/mol. The summed E-state index contributed by atoms with van der Waals surface area (Å²) >= 11 is 7.48. The number of rotatable bonds is 6.